The molecule has 0 aliphatic heterocycles. The molecule has 1 rings (SSSR count). The first-order valence-electron chi connectivity index (χ1n) is 3.97. The first-order chi connectivity index (χ1) is 5.41. The highest BCUT2D eigenvalue weighted by molar-refractivity contribution is 9.10. The molecule has 0 aliphatic rings. The monoisotopic (exact) mass is 243 g/mol. The third kappa shape index (κ3) is 2.11. The third-order valence-corrected chi connectivity index (χ3v) is 4.89. The summed E-state index contributed by atoms with van der Waals surface area (Å²) in [5.41, 5.74) is 6.58. The lowest BCUT2D eigenvalue weighted by atomic mass is 10.3. The van der Waals surface area contributed by atoms with Crippen molar-refractivity contribution in [2.45, 2.75) is 19.6 Å². The van der Waals surface area contributed by atoms with Gasteiger partial charge in [0.2, 0.25) is 0 Å². The molecule has 1 aromatic rings. The van der Waals surface area contributed by atoms with E-state index in [2.05, 4.69) is 41.6 Å². The third-order valence-electron chi connectivity index (χ3n) is 1.80. The molecule has 0 atom stereocenters. The van der Waals surface area contributed by atoms with Gasteiger partial charge in [0.15, 0.2) is 0 Å². The van der Waals surface area contributed by atoms with Gasteiger partial charge in [0.25, 0.3) is 0 Å². The molecule has 0 saturated carbocycles. The minimum Gasteiger partial charge on any atom is -0.399 e. The van der Waals surface area contributed by atoms with Crippen LogP contribution in [0.3, 0.4) is 0 Å². The van der Waals surface area contributed by atoms with Crippen LogP contribution in [0.15, 0.2) is 22.7 Å². The maximum Gasteiger partial charge on any atom is 0.0791 e. The van der Waals surface area contributed by atoms with E-state index in [1.807, 2.05) is 12.1 Å². The van der Waals surface area contributed by atoms with E-state index in [0.717, 1.165) is 5.69 Å². The van der Waals surface area contributed by atoms with E-state index in [-0.39, 0.29) is 0 Å². The van der Waals surface area contributed by atoms with Crippen LogP contribution >= 0.6 is 15.9 Å². The molecule has 0 radical (unpaired) electrons. The first-order valence-corrected chi connectivity index (χ1v) is 8.26. The van der Waals surface area contributed by atoms with Crippen LogP contribution in [-0.4, -0.2) is 8.07 Å². The number of hydrogen-bond acceptors (Lipinski definition) is 1. The summed E-state index contributed by atoms with van der Waals surface area (Å²) in [6.07, 6.45) is 0. The maximum absolute atomic E-state index is 5.73. The van der Waals surface area contributed by atoms with E-state index in [0.29, 0.717) is 0 Å². The smallest absolute Gasteiger partial charge is 0.0791 e. The zero-order chi connectivity index (χ0) is 9.35. The van der Waals surface area contributed by atoms with Crippen LogP contribution in [0.4, 0.5) is 5.69 Å². The number of hydrogen-bond donors (Lipinski definition) is 1. The van der Waals surface area contributed by atoms with Gasteiger partial charge in [0.1, 0.15) is 0 Å². The molecule has 0 spiro atoms. The Balaban J connectivity index is 3.23. The summed E-state index contributed by atoms with van der Waals surface area (Å²) < 4.78 is 1.19. The summed E-state index contributed by atoms with van der Waals surface area (Å²) in [7, 11) is -1.24. The minimum absolute atomic E-state index is 0.857. The number of nitrogens with two attached hydrogens (primary N) is 1. The van der Waals surface area contributed by atoms with Crippen molar-refractivity contribution < 1.29 is 0 Å². The fraction of sp³-hybridized carbons (Fsp3) is 0.333. The van der Waals surface area contributed by atoms with Gasteiger partial charge in [-0.3, -0.25) is 0 Å². The van der Waals surface area contributed by atoms with Gasteiger partial charge in [-0.1, -0.05) is 35.6 Å². The molecule has 1 aromatic carbocycles. The summed E-state index contributed by atoms with van der Waals surface area (Å²) in [5.74, 6) is 0. The van der Waals surface area contributed by atoms with Crippen molar-refractivity contribution in [3.05, 3.63) is 22.7 Å². The van der Waals surface area contributed by atoms with E-state index in [1.165, 1.54) is 9.66 Å². The zero-order valence-electron chi connectivity index (χ0n) is 7.69. The number of benzene rings is 1. The lowest BCUT2D eigenvalue weighted by Gasteiger charge is -2.18. The van der Waals surface area contributed by atoms with Gasteiger partial charge in [-0.05, 0) is 23.4 Å². The van der Waals surface area contributed by atoms with Crippen LogP contribution in [0.2, 0.25) is 19.6 Å². The van der Waals surface area contributed by atoms with Crippen LogP contribution in [-0.2, 0) is 0 Å². The molecule has 1 nitrogen and oxygen atoms in total. The summed E-state index contributed by atoms with van der Waals surface area (Å²) in [5, 5.41) is 1.39. The number of anilines is 1. The Morgan fingerprint density at radius 3 is 2.25 bits per heavy atom. The van der Waals surface area contributed by atoms with Crippen molar-refractivity contribution in [1.82, 2.24) is 0 Å². The Labute approximate surface area is 83.1 Å². The highest BCUT2D eigenvalue weighted by Crippen LogP contribution is 2.15. The second-order valence-corrected chi connectivity index (χ2v) is 9.88. The Hall–Kier alpha value is -0.283. The van der Waals surface area contributed by atoms with Crippen LogP contribution in [0.1, 0.15) is 0 Å². The van der Waals surface area contributed by atoms with Gasteiger partial charge in [0, 0.05) is 10.2 Å². The molecule has 2 N–H and O–H groups in total. The molecule has 0 fully saturated rings. The topological polar surface area (TPSA) is 26.0 Å². The summed E-state index contributed by atoms with van der Waals surface area (Å²) in [6, 6.07) is 6.03. The second-order valence-electron chi connectivity index (χ2n) is 3.99. The van der Waals surface area contributed by atoms with Gasteiger partial charge < -0.3 is 5.73 Å². The molecule has 3 heteroatoms. The van der Waals surface area contributed by atoms with Crippen molar-refractivity contribution in [3.8, 4) is 0 Å². The molecule has 0 unspecified atom stereocenters. The molecule has 0 heterocycles. The molecular weight excluding hydrogens is 230 g/mol. The SMILES string of the molecule is C[Si](C)(C)c1cc(N)ccc1Br. The van der Waals surface area contributed by atoms with Crippen LogP contribution in [0.5, 0.6) is 0 Å². The highest BCUT2D eigenvalue weighted by atomic mass is 79.9. The fourth-order valence-corrected chi connectivity index (χ4v) is 4.55. The number of rotatable bonds is 1. The predicted octanol–water partition coefficient (Wildman–Crippen LogP) is 2.58. The predicted molar refractivity (Wildman–Crippen MR) is 61.5 cm³/mol. The van der Waals surface area contributed by atoms with E-state index < -0.39 is 8.07 Å². The van der Waals surface area contributed by atoms with Crippen molar-refractivity contribution in [3.63, 3.8) is 0 Å². The highest BCUT2D eigenvalue weighted by Gasteiger charge is 2.19. The Morgan fingerprint density at radius 2 is 1.83 bits per heavy atom. The average molecular weight is 244 g/mol. The molecule has 0 bridgehead atoms. The Morgan fingerprint density at radius 1 is 1.25 bits per heavy atom. The fourth-order valence-electron chi connectivity index (χ4n) is 1.12. The van der Waals surface area contributed by atoms with Crippen molar-refractivity contribution in [2.75, 3.05) is 5.73 Å². The molecule has 0 saturated heterocycles. The second kappa shape index (κ2) is 3.22. The molecule has 12 heavy (non-hydrogen) atoms. The van der Waals surface area contributed by atoms with Crippen LogP contribution in [0, 0.1) is 0 Å². The average Bonchev–Trinajstić information content (AvgIpc) is 1.92. The van der Waals surface area contributed by atoms with Crippen molar-refractivity contribution in [1.29, 1.82) is 0 Å². The lowest BCUT2D eigenvalue weighted by molar-refractivity contribution is 1.63. The van der Waals surface area contributed by atoms with Crippen LogP contribution in [0.25, 0.3) is 0 Å². The van der Waals surface area contributed by atoms with Crippen LogP contribution < -0.4 is 10.9 Å². The van der Waals surface area contributed by atoms with E-state index >= 15 is 0 Å². The number of nitrogen functional groups attached to an aromatic ring is 1. The van der Waals surface area contributed by atoms with Gasteiger partial charge in [-0.15, -0.1) is 0 Å². The van der Waals surface area contributed by atoms with Gasteiger partial charge >= 0.3 is 0 Å². The molecular formula is C9H14BrNSi. The lowest BCUT2D eigenvalue weighted by Crippen LogP contribution is -2.38. The quantitative estimate of drug-likeness (QED) is 0.596. The Kier molecular flexibility index (Phi) is 2.63. The van der Waals surface area contributed by atoms with Gasteiger partial charge in [0.05, 0.1) is 8.07 Å². The van der Waals surface area contributed by atoms with Crippen molar-refractivity contribution >= 4 is 34.9 Å². The first kappa shape index (κ1) is 9.80. The standard InChI is InChI=1S/C9H14BrNSi/c1-12(2,3)9-6-7(11)4-5-8(9)10/h4-6H,11H2,1-3H3. The zero-order valence-corrected chi connectivity index (χ0v) is 10.3. The summed E-state index contributed by atoms with van der Waals surface area (Å²) in [6.45, 7) is 6.94. The summed E-state index contributed by atoms with van der Waals surface area (Å²) in [4.78, 5) is 0. The normalized spacial score (nSPS) is 11.7. The van der Waals surface area contributed by atoms with Crippen molar-refractivity contribution in [2.24, 2.45) is 0 Å². The summed E-state index contributed by atoms with van der Waals surface area (Å²) >= 11 is 3.55. The van der Waals surface area contributed by atoms with Gasteiger partial charge in [-0.25, -0.2) is 0 Å². The maximum atomic E-state index is 5.73. The molecule has 0 amide bonds. The molecule has 66 valence electrons. The van der Waals surface area contributed by atoms with Gasteiger partial charge in [-0.2, -0.15) is 0 Å². The minimum atomic E-state index is -1.24. The van der Waals surface area contributed by atoms with E-state index in [9.17, 15) is 0 Å². The van der Waals surface area contributed by atoms with E-state index in [4.69, 9.17) is 5.73 Å². The van der Waals surface area contributed by atoms with E-state index in [1.54, 1.807) is 0 Å². The molecule has 0 aliphatic carbocycles. The Bertz CT molecular complexity index is 291. The largest absolute Gasteiger partial charge is 0.399 e. The molecule has 0 aromatic heterocycles. The number of halogens is 1.